The van der Waals surface area contributed by atoms with Gasteiger partial charge in [0.25, 0.3) is 0 Å². The number of thiophene rings is 2. The van der Waals surface area contributed by atoms with E-state index in [0.29, 0.717) is 20.6 Å². The molecule has 0 aliphatic heterocycles. The number of rotatable bonds is 6. The maximum atomic E-state index is 8.92. The highest BCUT2D eigenvalue weighted by atomic mass is 127. The number of pyridine rings is 2. The van der Waals surface area contributed by atoms with Gasteiger partial charge in [-0.2, -0.15) is 22.7 Å². The SMILES string of the molecule is Clc1ccc(OCCc2ccsc2)c(I)n1.OCCc1ccsc1.Oc1ccc(Cl)nc1I. The Bertz CT molecular complexity index is 1090. The summed E-state index contributed by atoms with van der Waals surface area (Å²) in [6.07, 6.45) is 1.71. The molecule has 4 rings (SSSR count). The van der Waals surface area contributed by atoms with Crippen LogP contribution in [0.15, 0.2) is 57.9 Å². The Morgan fingerprint density at radius 3 is 1.88 bits per heavy atom. The molecular formula is C22H20Cl2I2N2O3S2. The highest BCUT2D eigenvalue weighted by Crippen LogP contribution is 2.21. The Balaban J connectivity index is 0.000000192. The zero-order valence-corrected chi connectivity index (χ0v) is 24.6. The van der Waals surface area contributed by atoms with Gasteiger partial charge in [-0.15, -0.1) is 0 Å². The van der Waals surface area contributed by atoms with Gasteiger partial charge in [0.15, 0.2) is 5.75 Å². The largest absolute Gasteiger partial charge is 0.505 e. The van der Waals surface area contributed by atoms with Crippen molar-refractivity contribution >= 4 is 91.1 Å². The Hall–Kier alpha value is -0.700. The molecule has 176 valence electrons. The molecule has 5 nitrogen and oxygen atoms in total. The Morgan fingerprint density at radius 1 is 0.818 bits per heavy atom. The number of hydrogen-bond donors (Lipinski definition) is 2. The van der Waals surface area contributed by atoms with Crippen LogP contribution >= 0.6 is 91.1 Å². The number of aliphatic hydroxyl groups is 1. The van der Waals surface area contributed by atoms with E-state index in [1.54, 1.807) is 34.8 Å². The molecule has 0 fully saturated rings. The molecule has 0 amide bonds. The van der Waals surface area contributed by atoms with Crippen molar-refractivity contribution in [3.8, 4) is 11.5 Å². The first-order valence-corrected chi connectivity index (χ1v) is 14.3. The van der Waals surface area contributed by atoms with Crippen molar-refractivity contribution in [3.05, 3.63) is 86.8 Å². The molecule has 0 saturated heterocycles. The van der Waals surface area contributed by atoms with E-state index in [4.69, 9.17) is 38.2 Å². The first-order valence-electron chi connectivity index (χ1n) is 9.48. The summed E-state index contributed by atoms with van der Waals surface area (Å²) in [4.78, 5) is 7.89. The number of hydrogen-bond acceptors (Lipinski definition) is 7. The van der Waals surface area contributed by atoms with E-state index in [2.05, 4.69) is 54.8 Å². The second-order valence-corrected chi connectivity index (χ2v) is 10.6. The van der Waals surface area contributed by atoms with Crippen LogP contribution in [0.2, 0.25) is 10.3 Å². The van der Waals surface area contributed by atoms with Gasteiger partial charge in [-0.05, 0) is 121 Å². The fourth-order valence-corrected chi connectivity index (χ4v) is 5.21. The molecule has 0 radical (unpaired) electrons. The number of halogens is 4. The number of ether oxygens (including phenoxy) is 1. The van der Waals surface area contributed by atoms with Crippen LogP contribution in [0, 0.1) is 7.40 Å². The summed E-state index contributed by atoms with van der Waals surface area (Å²) in [6.45, 7) is 0.923. The van der Waals surface area contributed by atoms with Crippen LogP contribution in [-0.2, 0) is 12.8 Å². The lowest BCUT2D eigenvalue weighted by Gasteiger charge is -2.06. The highest BCUT2D eigenvalue weighted by Gasteiger charge is 2.03. The van der Waals surface area contributed by atoms with E-state index < -0.39 is 0 Å². The summed E-state index contributed by atoms with van der Waals surface area (Å²) in [6, 6.07) is 10.8. The quantitative estimate of drug-likeness (QED) is 0.159. The van der Waals surface area contributed by atoms with E-state index in [1.165, 1.54) is 17.2 Å². The number of aliphatic hydroxyl groups excluding tert-OH is 1. The fraction of sp³-hybridized carbons (Fsp3) is 0.182. The predicted octanol–water partition coefficient (Wildman–Crippen LogP) is 7.35. The third kappa shape index (κ3) is 11.5. The summed E-state index contributed by atoms with van der Waals surface area (Å²) in [5.41, 5.74) is 2.54. The molecular weight excluding hydrogens is 729 g/mol. The van der Waals surface area contributed by atoms with Crippen LogP contribution < -0.4 is 4.74 Å². The Kier molecular flexibility index (Phi) is 13.9. The third-order valence-corrected chi connectivity index (χ3v) is 7.24. The second-order valence-electron chi connectivity index (χ2n) is 6.20. The monoisotopic (exact) mass is 748 g/mol. The summed E-state index contributed by atoms with van der Waals surface area (Å²) in [7, 11) is 0. The van der Waals surface area contributed by atoms with Crippen molar-refractivity contribution in [3.63, 3.8) is 0 Å². The molecule has 4 aromatic heterocycles. The molecule has 0 saturated carbocycles. The van der Waals surface area contributed by atoms with Crippen LogP contribution in [0.25, 0.3) is 0 Å². The van der Waals surface area contributed by atoms with Gasteiger partial charge >= 0.3 is 0 Å². The first-order chi connectivity index (χ1) is 15.9. The maximum absolute atomic E-state index is 8.92. The van der Waals surface area contributed by atoms with Gasteiger partial charge in [-0.1, -0.05) is 23.2 Å². The van der Waals surface area contributed by atoms with Gasteiger partial charge in [0.05, 0.1) is 6.61 Å². The lowest BCUT2D eigenvalue weighted by molar-refractivity contribution is 0.300. The average molecular weight is 749 g/mol. The molecule has 0 unspecified atom stereocenters. The van der Waals surface area contributed by atoms with Crippen LogP contribution in [0.3, 0.4) is 0 Å². The number of aromatic nitrogens is 2. The number of aromatic hydroxyl groups is 1. The molecule has 2 N–H and O–H groups in total. The molecule has 0 aliphatic carbocycles. The lowest BCUT2D eigenvalue weighted by atomic mass is 10.3. The zero-order valence-electron chi connectivity index (χ0n) is 17.1. The zero-order chi connectivity index (χ0) is 24.1. The molecule has 0 bridgehead atoms. The third-order valence-electron chi connectivity index (χ3n) is 3.78. The van der Waals surface area contributed by atoms with Crippen molar-refractivity contribution in [2.45, 2.75) is 12.8 Å². The smallest absolute Gasteiger partial charge is 0.151 e. The van der Waals surface area contributed by atoms with Crippen LogP contribution in [0.1, 0.15) is 11.1 Å². The van der Waals surface area contributed by atoms with E-state index in [-0.39, 0.29) is 12.4 Å². The fourth-order valence-electron chi connectivity index (χ4n) is 2.19. The minimum Gasteiger partial charge on any atom is -0.505 e. The van der Waals surface area contributed by atoms with E-state index >= 15 is 0 Å². The highest BCUT2D eigenvalue weighted by molar-refractivity contribution is 14.1. The molecule has 0 spiro atoms. The van der Waals surface area contributed by atoms with Gasteiger partial charge in [0, 0.05) is 13.0 Å². The van der Waals surface area contributed by atoms with Crippen molar-refractivity contribution in [1.29, 1.82) is 0 Å². The first kappa shape index (κ1) is 28.5. The molecule has 33 heavy (non-hydrogen) atoms. The molecule has 4 aromatic rings. The minimum absolute atomic E-state index is 0.167. The van der Waals surface area contributed by atoms with E-state index in [0.717, 1.165) is 22.3 Å². The van der Waals surface area contributed by atoms with Crippen LogP contribution in [-0.4, -0.2) is 33.4 Å². The van der Waals surface area contributed by atoms with Crippen molar-refractivity contribution in [1.82, 2.24) is 9.97 Å². The van der Waals surface area contributed by atoms with Gasteiger partial charge in [0.2, 0.25) is 0 Å². The Labute approximate surface area is 238 Å². The van der Waals surface area contributed by atoms with Crippen LogP contribution in [0.5, 0.6) is 11.5 Å². The minimum atomic E-state index is 0.167. The maximum Gasteiger partial charge on any atom is 0.151 e. The van der Waals surface area contributed by atoms with Crippen molar-refractivity contribution in [2.24, 2.45) is 0 Å². The van der Waals surface area contributed by atoms with Crippen LogP contribution in [0.4, 0.5) is 0 Å². The number of nitrogens with zero attached hydrogens (tertiary/aromatic N) is 2. The van der Waals surface area contributed by atoms with Crippen molar-refractivity contribution in [2.75, 3.05) is 13.2 Å². The van der Waals surface area contributed by atoms with Gasteiger partial charge in [-0.25, -0.2) is 9.97 Å². The Morgan fingerprint density at radius 2 is 1.39 bits per heavy atom. The summed E-state index contributed by atoms with van der Waals surface area (Å²) >= 11 is 18.6. The standard InChI is InChI=1S/C11H9ClINOS.C6H8OS.C5H3ClINO/c12-10-2-1-9(11(13)14-10)15-5-3-8-4-6-16-7-8;7-3-1-6-2-4-8-5-6;6-4-2-1-3(9)5(7)8-4/h1-2,4,6-7H,3,5H2;2,4-5,7H,1,3H2;1-2,9H. The normalized spacial score (nSPS) is 9.97. The van der Waals surface area contributed by atoms with Gasteiger partial charge in [-0.3, -0.25) is 0 Å². The van der Waals surface area contributed by atoms with Gasteiger partial charge in [0.1, 0.15) is 23.5 Å². The molecule has 4 heterocycles. The molecule has 0 aliphatic rings. The predicted molar refractivity (Wildman–Crippen MR) is 154 cm³/mol. The topological polar surface area (TPSA) is 75.5 Å². The van der Waals surface area contributed by atoms with Gasteiger partial charge < -0.3 is 14.9 Å². The lowest BCUT2D eigenvalue weighted by Crippen LogP contribution is -2.02. The summed E-state index contributed by atoms with van der Waals surface area (Å²) < 4.78 is 6.97. The molecule has 11 heteroatoms. The van der Waals surface area contributed by atoms with Crippen molar-refractivity contribution < 1.29 is 14.9 Å². The molecule has 0 aromatic carbocycles. The second kappa shape index (κ2) is 16.1. The summed E-state index contributed by atoms with van der Waals surface area (Å²) in [5.74, 6) is 0.959. The summed E-state index contributed by atoms with van der Waals surface area (Å²) in [5, 5.41) is 26.5. The van der Waals surface area contributed by atoms with E-state index in [9.17, 15) is 0 Å². The average Bonchev–Trinajstić information content (AvgIpc) is 3.48. The molecule has 0 atom stereocenters. The van der Waals surface area contributed by atoms with E-state index in [1.807, 2.05) is 40.1 Å².